The van der Waals surface area contributed by atoms with Crippen LogP contribution in [-0.2, 0) is 19.1 Å². The van der Waals surface area contributed by atoms with Crippen molar-refractivity contribution in [3.05, 3.63) is 24.3 Å². The van der Waals surface area contributed by atoms with Crippen molar-refractivity contribution >= 4 is 29.3 Å². The molecule has 0 unspecified atom stereocenters. The Bertz CT molecular complexity index is 745. The first-order valence-electron chi connectivity index (χ1n) is 12.6. The van der Waals surface area contributed by atoms with Crippen LogP contribution >= 0.6 is 0 Å². The third-order valence-corrected chi connectivity index (χ3v) is 6.21. The third kappa shape index (κ3) is 11.5. The van der Waals surface area contributed by atoms with Crippen LogP contribution in [0.1, 0.15) is 71.1 Å². The molecule has 0 atom stereocenters. The zero-order chi connectivity index (χ0) is 24.6. The van der Waals surface area contributed by atoms with E-state index in [1.807, 2.05) is 0 Å². The van der Waals surface area contributed by atoms with Gasteiger partial charge in [-0.2, -0.15) is 0 Å². The van der Waals surface area contributed by atoms with E-state index < -0.39 is 6.09 Å². The molecular weight excluding hydrogens is 434 g/mol. The van der Waals surface area contributed by atoms with E-state index in [0.717, 1.165) is 45.2 Å². The van der Waals surface area contributed by atoms with Crippen molar-refractivity contribution in [1.29, 1.82) is 0 Å². The summed E-state index contributed by atoms with van der Waals surface area (Å²) >= 11 is 0. The zero-order valence-electron chi connectivity index (χ0n) is 20.8. The molecule has 0 saturated carbocycles. The van der Waals surface area contributed by atoms with Crippen molar-refractivity contribution in [3.63, 3.8) is 0 Å². The number of benzene rings is 1. The van der Waals surface area contributed by atoms with Gasteiger partial charge >= 0.3 is 12.1 Å². The number of unbranched alkanes of at least 4 members (excludes halogenated alkanes) is 5. The number of nitrogens with one attached hydrogen (secondary N) is 2. The Morgan fingerprint density at radius 2 is 1.56 bits per heavy atom. The molecule has 190 valence electrons. The largest absolute Gasteiger partial charge is 0.468 e. The minimum absolute atomic E-state index is 0.0176. The SMILES string of the molecule is CCCCCCCCOC(=O)Nc1ccc(NC(=O)CCC2CCN(CC(=O)OC)CC2)cc1. The number of likely N-dealkylation sites (tertiary alicyclic amines) is 1. The highest BCUT2D eigenvalue weighted by Crippen LogP contribution is 2.22. The second kappa shape index (κ2) is 16.1. The summed E-state index contributed by atoms with van der Waals surface area (Å²) in [5.41, 5.74) is 1.33. The van der Waals surface area contributed by atoms with E-state index in [4.69, 9.17) is 9.47 Å². The summed E-state index contributed by atoms with van der Waals surface area (Å²) in [7, 11) is 1.41. The summed E-state index contributed by atoms with van der Waals surface area (Å²) in [6.45, 7) is 4.67. The lowest BCUT2D eigenvalue weighted by molar-refractivity contribution is -0.142. The first-order chi connectivity index (χ1) is 16.5. The van der Waals surface area contributed by atoms with Gasteiger partial charge in [-0.05, 0) is 69.0 Å². The van der Waals surface area contributed by atoms with E-state index in [1.54, 1.807) is 24.3 Å². The highest BCUT2D eigenvalue weighted by molar-refractivity contribution is 5.91. The van der Waals surface area contributed by atoms with Gasteiger partial charge in [-0.1, -0.05) is 39.0 Å². The Hall–Kier alpha value is -2.61. The summed E-state index contributed by atoms with van der Waals surface area (Å²) in [6.07, 6.45) is 9.69. The molecule has 0 spiro atoms. The average Bonchev–Trinajstić information content (AvgIpc) is 2.84. The molecule has 2 rings (SSSR count). The van der Waals surface area contributed by atoms with Crippen LogP contribution in [0.4, 0.5) is 16.2 Å². The molecule has 2 N–H and O–H groups in total. The Labute approximate surface area is 203 Å². The number of ether oxygens (including phenoxy) is 2. The first kappa shape index (κ1) is 27.6. The predicted octanol–water partition coefficient (Wildman–Crippen LogP) is 5.20. The standard InChI is InChI=1S/C26H41N3O5/c1-3-4-5-6-7-8-19-34-26(32)28-23-12-10-22(11-13-23)27-24(30)14-9-21-15-17-29(18-16-21)20-25(31)33-2/h10-13,21H,3-9,14-20H2,1-2H3,(H,27,30)(H,28,32). The van der Waals surface area contributed by atoms with Crippen LogP contribution in [0.3, 0.4) is 0 Å². The van der Waals surface area contributed by atoms with E-state index in [1.165, 1.54) is 32.8 Å². The predicted molar refractivity (Wildman–Crippen MR) is 134 cm³/mol. The maximum absolute atomic E-state index is 12.3. The molecule has 1 aromatic rings. The van der Waals surface area contributed by atoms with Crippen LogP contribution in [0.15, 0.2) is 24.3 Å². The highest BCUT2D eigenvalue weighted by Gasteiger charge is 2.21. The number of esters is 1. The second-order valence-corrected chi connectivity index (χ2v) is 8.99. The summed E-state index contributed by atoms with van der Waals surface area (Å²) in [4.78, 5) is 37.7. The molecule has 2 amide bonds. The molecule has 34 heavy (non-hydrogen) atoms. The molecule has 0 aliphatic carbocycles. The molecule has 8 nitrogen and oxygen atoms in total. The quantitative estimate of drug-likeness (QED) is 0.284. The average molecular weight is 476 g/mol. The van der Waals surface area contributed by atoms with Crippen LogP contribution in [0.25, 0.3) is 0 Å². The van der Waals surface area contributed by atoms with E-state index in [-0.39, 0.29) is 11.9 Å². The van der Waals surface area contributed by atoms with Gasteiger partial charge in [-0.3, -0.25) is 19.8 Å². The van der Waals surface area contributed by atoms with Crippen LogP contribution in [0.5, 0.6) is 0 Å². The Balaban J connectivity index is 1.59. The molecular formula is C26H41N3O5. The van der Waals surface area contributed by atoms with Gasteiger partial charge in [0.1, 0.15) is 0 Å². The number of anilines is 2. The Morgan fingerprint density at radius 1 is 0.941 bits per heavy atom. The lowest BCUT2D eigenvalue weighted by Gasteiger charge is -2.30. The lowest BCUT2D eigenvalue weighted by Crippen LogP contribution is -2.37. The van der Waals surface area contributed by atoms with Gasteiger partial charge in [0.15, 0.2) is 0 Å². The number of carbonyl (C=O) groups excluding carboxylic acids is 3. The van der Waals surface area contributed by atoms with Crippen molar-refractivity contribution in [3.8, 4) is 0 Å². The third-order valence-electron chi connectivity index (χ3n) is 6.21. The monoisotopic (exact) mass is 475 g/mol. The van der Waals surface area contributed by atoms with Crippen LogP contribution in [0, 0.1) is 5.92 Å². The Kier molecular flexibility index (Phi) is 13.1. The molecule has 0 bridgehead atoms. The molecule has 1 aromatic carbocycles. The molecule has 1 heterocycles. The number of methoxy groups -OCH3 is 1. The van der Waals surface area contributed by atoms with E-state index in [0.29, 0.717) is 36.9 Å². The molecule has 1 saturated heterocycles. The number of rotatable bonds is 14. The fourth-order valence-electron chi connectivity index (χ4n) is 4.08. The smallest absolute Gasteiger partial charge is 0.411 e. The number of hydrogen-bond donors (Lipinski definition) is 2. The van der Waals surface area contributed by atoms with Gasteiger partial charge < -0.3 is 14.8 Å². The number of piperidine rings is 1. The molecule has 1 aliphatic heterocycles. The van der Waals surface area contributed by atoms with Crippen molar-refractivity contribution in [2.24, 2.45) is 5.92 Å². The molecule has 1 aliphatic rings. The first-order valence-corrected chi connectivity index (χ1v) is 12.6. The van der Waals surface area contributed by atoms with E-state index in [2.05, 4.69) is 22.5 Å². The Morgan fingerprint density at radius 3 is 2.21 bits per heavy atom. The second-order valence-electron chi connectivity index (χ2n) is 8.99. The maximum Gasteiger partial charge on any atom is 0.411 e. The maximum atomic E-state index is 12.3. The molecule has 1 fully saturated rings. The number of amides is 2. The fourth-order valence-corrected chi connectivity index (χ4v) is 4.08. The summed E-state index contributed by atoms with van der Waals surface area (Å²) in [5, 5.41) is 5.63. The van der Waals surface area contributed by atoms with Crippen LogP contribution in [-0.4, -0.2) is 56.2 Å². The topological polar surface area (TPSA) is 97.0 Å². The number of hydrogen-bond acceptors (Lipinski definition) is 6. The zero-order valence-corrected chi connectivity index (χ0v) is 20.8. The lowest BCUT2D eigenvalue weighted by atomic mass is 9.92. The normalized spacial score (nSPS) is 14.4. The number of carbonyl (C=O) groups is 3. The van der Waals surface area contributed by atoms with Crippen molar-refractivity contribution < 1.29 is 23.9 Å². The van der Waals surface area contributed by atoms with Crippen LogP contribution in [0.2, 0.25) is 0 Å². The fraction of sp³-hybridized carbons (Fsp3) is 0.654. The minimum Gasteiger partial charge on any atom is -0.468 e. The van der Waals surface area contributed by atoms with Crippen molar-refractivity contribution in [2.45, 2.75) is 71.1 Å². The molecule has 0 aromatic heterocycles. The van der Waals surface area contributed by atoms with Gasteiger partial charge in [-0.15, -0.1) is 0 Å². The van der Waals surface area contributed by atoms with Gasteiger partial charge in [-0.25, -0.2) is 4.79 Å². The van der Waals surface area contributed by atoms with Crippen molar-refractivity contribution in [1.82, 2.24) is 4.90 Å². The molecule has 8 heteroatoms. The van der Waals surface area contributed by atoms with Gasteiger partial charge in [0.25, 0.3) is 0 Å². The molecule has 0 radical (unpaired) electrons. The highest BCUT2D eigenvalue weighted by atomic mass is 16.5. The van der Waals surface area contributed by atoms with E-state index >= 15 is 0 Å². The van der Waals surface area contributed by atoms with Crippen LogP contribution < -0.4 is 10.6 Å². The van der Waals surface area contributed by atoms with Gasteiger partial charge in [0.2, 0.25) is 5.91 Å². The number of nitrogens with zero attached hydrogens (tertiary/aromatic N) is 1. The van der Waals surface area contributed by atoms with Crippen molar-refractivity contribution in [2.75, 3.05) is 44.0 Å². The summed E-state index contributed by atoms with van der Waals surface area (Å²) in [6, 6.07) is 7.04. The van der Waals surface area contributed by atoms with E-state index in [9.17, 15) is 14.4 Å². The summed E-state index contributed by atoms with van der Waals surface area (Å²) < 4.78 is 9.94. The summed E-state index contributed by atoms with van der Waals surface area (Å²) in [5.74, 6) is 0.272. The van der Waals surface area contributed by atoms with Gasteiger partial charge in [0, 0.05) is 17.8 Å². The van der Waals surface area contributed by atoms with Gasteiger partial charge in [0.05, 0.1) is 20.3 Å². The minimum atomic E-state index is -0.456.